The van der Waals surface area contributed by atoms with Crippen molar-refractivity contribution >= 4 is 19.8 Å². The Labute approximate surface area is 198 Å². The average Bonchev–Trinajstić information content (AvgIpc) is 2.78. The minimum Gasteiger partial charge on any atom is -0.463 e. The van der Waals surface area contributed by atoms with Crippen LogP contribution in [0.2, 0.25) is 0 Å². The Balaban J connectivity index is 1.91. The second-order valence-electron chi connectivity index (χ2n) is 8.00. The van der Waals surface area contributed by atoms with Crippen LogP contribution in [0.1, 0.15) is 27.7 Å². The van der Waals surface area contributed by atoms with Gasteiger partial charge < -0.3 is 23.3 Å². The molecule has 1 heterocycles. The summed E-state index contributed by atoms with van der Waals surface area (Å²) in [4.78, 5) is 23.2. The maximum atomic E-state index is 13.8. The first-order valence-corrected chi connectivity index (χ1v) is 12.4. The summed E-state index contributed by atoms with van der Waals surface area (Å²) in [6.45, 7) is 6.24. The summed E-state index contributed by atoms with van der Waals surface area (Å²) < 4.78 is 47.6. The number of hydrogen-bond donors (Lipinski definition) is 0. The van der Waals surface area contributed by atoms with Crippen LogP contribution in [0.25, 0.3) is 0 Å². The number of phosphoric acid groups is 1. The standard InChI is InChI=1S/C24H29O9P/c1-16-17(2)23(29-19(4)26)24(30-22(16)15-28-18(3)25)33-34(27,31-20-11-7-5-8-12-20)32-21-13-9-6-10-14-21/h5-14,16-17,22-24H,15H2,1-4H3/t16-,17-,22?,23?,24-/m0/s1. The maximum Gasteiger partial charge on any atom is 0.590 e. The number of carbonyl (C=O) groups excluding carboxylic acids is 2. The van der Waals surface area contributed by atoms with Gasteiger partial charge in [-0.3, -0.25) is 9.59 Å². The fraction of sp³-hybridized carbons (Fsp3) is 0.417. The molecule has 2 aromatic carbocycles. The molecule has 0 saturated carbocycles. The molecule has 1 saturated heterocycles. The molecule has 9 nitrogen and oxygen atoms in total. The highest BCUT2D eigenvalue weighted by Gasteiger charge is 2.49. The molecule has 2 aromatic rings. The van der Waals surface area contributed by atoms with Gasteiger partial charge in [0.1, 0.15) is 18.1 Å². The van der Waals surface area contributed by atoms with Crippen LogP contribution in [-0.2, 0) is 32.9 Å². The molecular formula is C24H29O9P. The van der Waals surface area contributed by atoms with Crippen molar-refractivity contribution in [2.24, 2.45) is 11.8 Å². The van der Waals surface area contributed by atoms with E-state index in [4.69, 9.17) is 27.8 Å². The topological polar surface area (TPSA) is 107 Å². The van der Waals surface area contributed by atoms with Crippen molar-refractivity contribution in [3.8, 4) is 11.5 Å². The Hall–Kier alpha value is -2.87. The van der Waals surface area contributed by atoms with Crippen LogP contribution in [0.4, 0.5) is 0 Å². The van der Waals surface area contributed by atoms with Crippen molar-refractivity contribution in [3.05, 3.63) is 60.7 Å². The van der Waals surface area contributed by atoms with Gasteiger partial charge in [0.25, 0.3) is 0 Å². The summed E-state index contributed by atoms with van der Waals surface area (Å²) in [6, 6.07) is 16.8. The molecule has 2 unspecified atom stereocenters. The lowest BCUT2D eigenvalue weighted by molar-refractivity contribution is -0.256. The second-order valence-corrected chi connectivity index (χ2v) is 9.47. The predicted molar refractivity (Wildman–Crippen MR) is 122 cm³/mol. The highest BCUT2D eigenvalue weighted by molar-refractivity contribution is 7.49. The molecule has 0 N–H and O–H groups in total. The lowest BCUT2D eigenvalue weighted by Gasteiger charge is -2.43. The van der Waals surface area contributed by atoms with Gasteiger partial charge in [-0.1, -0.05) is 50.2 Å². The minimum absolute atomic E-state index is 0.0448. The van der Waals surface area contributed by atoms with Gasteiger partial charge in [-0.25, -0.2) is 9.09 Å². The molecular weight excluding hydrogens is 463 g/mol. The van der Waals surface area contributed by atoms with Gasteiger partial charge in [0.05, 0.1) is 6.10 Å². The lowest BCUT2D eigenvalue weighted by atomic mass is 9.83. The zero-order valence-corrected chi connectivity index (χ0v) is 20.4. The van der Waals surface area contributed by atoms with Gasteiger partial charge in [-0.05, 0) is 30.2 Å². The van der Waals surface area contributed by atoms with Gasteiger partial charge in [0.2, 0.25) is 6.29 Å². The molecule has 1 fully saturated rings. The van der Waals surface area contributed by atoms with Gasteiger partial charge in [0.15, 0.2) is 6.10 Å². The molecule has 3 rings (SSSR count). The van der Waals surface area contributed by atoms with E-state index in [2.05, 4.69) is 0 Å². The molecule has 34 heavy (non-hydrogen) atoms. The van der Waals surface area contributed by atoms with Gasteiger partial charge in [0, 0.05) is 19.8 Å². The normalized spacial score (nSPS) is 24.6. The van der Waals surface area contributed by atoms with Crippen LogP contribution in [0.3, 0.4) is 0 Å². The van der Waals surface area contributed by atoms with Crippen LogP contribution < -0.4 is 9.05 Å². The molecule has 0 spiro atoms. The number of hydrogen-bond acceptors (Lipinski definition) is 9. The van der Waals surface area contributed by atoms with Crippen molar-refractivity contribution in [2.45, 2.75) is 46.2 Å². The molecule has 0 radical (unpaired) electrons. The molecule has 1 aliphatic rings. The van der Waals surface area contributed by atoms with E-state index in [1.54, 1.807) is 60.7 Å². The number of ether oxygens (including phenoxy) is 3. The second kappa shape index (κ2) is 11.5. The van der Waals surface area contributed by atoms with Crippen LogP contribution in [0.15, 0.2) is 60.7 Å². The number of phosphoric ester groups is 1. The largest absolute Gasteiger partial charge is 0.590 e. The van der Waals surface area contributed by atoms with E-state index in [9.17, 15) is 14.2 Å². The summed E-state index contributed by atoms with van der Waals surface area (Å²) >= 11 is 0. The van der Waals surface area contributed by atoms with Gasteiger partial charge >= 0.3 is 19.8 Å². The molecule has 0 bridgehead atoms. The van der Waals surface area contributed by atoms with Crippen molar-refractivity contribution in [3.63, 3.8) is 0 Å². The first-order valence-electron chi connectivity index (χ1n) is 10.9. The SMILES string of the molecule is CC(=O)OCC1O[C@@H](OP(=O)(Oc2ccccc2)Oc2ccccc2)C(OC(C)=O)[C@@H](C)[C@@H]1C. The first kappa shape index (κ1) is 25.7. The van der Waals surface area contributed by atoms with Gasteiger partial charge in [-0.2, -0.15) is 0 Å². The van der Waals surface area contributed by atoms with E-state index < -0.39 is 38.3 Å². The minimum atomic E-state index is -4.35. The van der Waals surface area contributed by atoms with Crippen molar-refractivity contribution in [1.82, 2.24) is 0 Å². The molecule has 0 aromatic heterocycles. The summed E-state index contributed by atoms with van der Waals surface area (Å²) in [7, 11) is -4.35. The number of rotatable bonds is 9. The van der Waals surface area contributed by atoms with Crippen molar-refractivity contribution in [2.75, 3.05) is 6.61 Å². The summed E-state index contributed by atoms with van der Waals surface area (Å²) in [5.41, 5.74) is 0. The van der Waals surface area contributed by atoms with Crippen LogP contribution in [0, 0.1) is 11.8 Å². The Morgan fingerprint density at radius 2 is 1.38 bits per heavy atom. The highest BCUT2D eigenvalue weighted by Crippen LogP contribution is 2.52. The number of esters is 2. The number of benzene rings is 2. The third-order valence-corrected chi connectivity index (χ3v) is 6.75. The average molecular weight is 492 g/mol. The Bertz CT molecular complexity index is 951. The Morgan fingerprint density at radius 1 is 0.853 bits per heavy atom. The van der Waals surface area contributed by atoms with E-state index in [0.29, 0.717) is 0 Å². The maximum absolute atomic E-state index is 13.8. The summed E-state index contributed by atoms with van der Waals surface area (Å²) in [5.74, 6) is -0.979. The zero-order chi connectivity index (χ0) is 24.7. The van der Waals surface area contributed by atoms with E-state index >= 15 is 0 Å². The van der Waals surface area contributed by atoms with Gasteiger partial charge in [-0.15, -0.1) is 0 Å². The smallest absolute Gasteiger partial charge is 0.463 e. The van der Waals surface area contributed by atoms with E-state index in [1.807, 2.05) is 13.8 Å². The fourth-order valence-electron chi connectivity index (χ4n) is 3.50. The lowest BCUT2D eigenvalue weighted by Crippen LogP contribution is -2.53. The number of para-hydroxylation sites is 2. The molecule has 10 heteroatoms. The summed E-state index contributed by atoms with van der Waals surface area (Å²) in [6.07, 6.45) is -2.82. The van der Waals surface area contributed by atoms with Crippen molar-refractivity contribution in [1.29, 1.82) is 0 Å². The van der Waals surface area contributed by atoms with E-state index in [-0.39, 0.29) is 29.9 Å². The summed E-state index contributed by atoms with van der Waals surface area (Å²) in [5, 5.41) is 0. The monoisotopic (exact) mass is 492 g/mol. The zero-order valence-electron chi connectivity index (χ0n) is 19.5. The third kappa shape index (κ3) is 7.06. The van der Waals surface area contributed by atoms with Crippen molar-refractivity contribution < 1.29 is 41.9 Å². The quantitative estimate of drug-likeness (QED) is 0.362. The van der Waals surface area contributed by atoms with Crippen LogP contribution in [-0.4, -0.2) is 37.0 Å². The molecule has 5 atom stereocenters. The first-order chi connectivity index (χ1) is 16.2. The third-order valence-electron chi connectivity index (χ3n) is 5.42. The molecule has 0 aliphatic carbocycles. The molecule has 0 amide bonds. The molecule has 1 aliphatic heterocycles. The Kier molecular flexibility index (Phi) is 8.72. The molecule has 184 valence electrons. The van der Waals surface area contributed by atoms with Crippen LogP contribution in [0.5, 0.6) is 11.5 Å². The van der Waals surface area contributed by atoms with E-state index in [1.165, 1.54) is 13.8 Å². The Morgan fingerprint density at radius 3 is 1.85 bits per heavy atom. The predicted octanol–water partition coefficient (Wildman–Crippen LogP) is 4.76. The van der Waals surface area contributed by atoms with E-state index in [0.717, 1.165) is 0 Å². The fourth-order valence-corrected chi connectivity index (χ4v) is 4.81. The van der Waals surface area contributed by atoms with Crippen LogP contribution >= 0.6 is 7.82 Å². The highest BCUT2D eigenvalue weighted by atomic mass is 31.2. The number of carbonyl (C=O) groups is 2.